The van der Waals surface area contributed by atoms with Crippen molar-refractivity contribution in [2.24, 2.45) is 29.6 Å². The third kappa shape index (κ3) is 0.540. The summed E-state index contributed by atoms with van der Waals surface area (Å²) in [5.74, 6) is 3.59. The normalized spacial score (nSPS) is 61.0. The maximum atomic E-state index is 11.5. The molecule has 1 aliphatic heterocycles. The summed E-state index contributed by atoms with van der Waals surface area (Å²) in [7, 11) is 0. The van der Waals surface area contributed by atoms with Gasteiger partial charge in [-0.2, -0.15) is 0 Å². The highest BCUT2D eigenvalue weighted by Gasteiger charge is 2.61. The lowest BCUT2D eigenvalue weighted by Gasteiger charge is -2.28. The largest absolute Gasteiger partial charge is 0.353 e. The zero-order chi connectivity index (χ0) is 8.46. The second-order valence-corrected chi connectivity index (χ2v) is 4.84. The molecule has 2 saturated carbocycles. The second-order valence-electron chi connectivity index (χ2n) is 4.84. The molecular formula is C10H15NO. The van der Waals surface area contributed by atoms with Crippen LogP contribution < -0.4 is 5.32 Å². The van der Waals surface area contributed by atoms with Gasteiger partial charge in [-0.25, -0.2) is 0 Å². The van der Waals surface area contributed by atoms with Gasteiger partial charge < -0.3 is 5.32 Å². The average Bonchev–Trinajstić information content (AvgIpc) is 2.56. The number of carbonyl (C=O) groups excluding carboxylic acids is 1. The van der Waals surface area contributed by atoms with Crippen molar-refractivity contribution in [3.8, 4) is 0 Å². The van der Waals surface area contributed by atoms with E-state index in [-0.39, 0.29) is 0 Å². The van der Waals surface area contributed by atoms with Crippen molar-refractivity contribution in [3.63, 3.8) is 0 Å². The van der Waals surface area contributed by atoms with E-state index in [9.17, 15) is 4.79 Å². The van der Waals surface area contributed by atoms with Crippen molar-refractivity contribution in [2.45, 2.75) is 26.3 Å². The van der Waals surface area contributed by atoms with E-state index in [0.717, 1.165) is 11.8 Å². The number of hydrogen-bond acceptors (Lipinski definition) is 1. The predicted molar refractivity (Wildman–Crippen MR) is 45.3 cm³/mol. The van der Waals surface area contributed by atoms with E-state index in [4.69, 9.17) is 0 Å². The first-order valence-corrected chi connectivity index (χ1v) is 5.00. The van der Waals surface area contributed by atoms with Crippen LogP contribution in [-0.4, -0.2) is 11.9 Å². The molecule has 2 nitrogen and oxygen atoms in total. The van der Waals surface area contributed by atoms with Crippen LogP contribution in [-0.2, 0) is 4.79 Å². The van der Waals surface area contributed by atoms with Crippen LogP contribution in [0.25, 0.3) is 0 Å². The van der Waals surface area contributed by atoms with Gasteiger partial charge in [-0.05, 0) is 30.1 Å². The maximum Gasteiger partial charge on any atom is 0.223 e. The topological polar surface area (TPSA) is 29.1 Å². The van der Waals surface area contributed by atoms with Gasteiger partial charge in [0.25, 0.3) is 0 Å². The van der Waals surface area contributed by atoms with Crippen molar-refractivity contribution in [2.75, 3.05) is 0 Å². The first-order chi connectivity index (χ1) is 5.70. The molecule has 0 spiro atoms. The fraction of sp³-hybridized carbons (Fsp3) is 0.900. The van der Waals surface area contributed by atoms with Crippen molar-refractivity contribution in [1.29, 1.82) is 0 Å². The SMILES string of the molecule is CC1C2CC3C1NC(=O)C3C2C. The third-order valence-electron chi connectivity index (χ3n) is 4.56. The highest BCUT2D eigenvalue weighted by molar-refractivity contribution is 5.83. The Bertz CT molecular complexity index is 250. The standard InChI is InChI=1S/C10H15NO/c1-4-6-3-7-8(4)10(12)11-9(7)5(6)2/h4-9H,3H2,1-2H3,(H,11,12). The molecule has 1 N–H and O–H groups in total. The van der Waals surface area contributed by atoms with E-state index in [1.165, 1.54) is 6.42 Å². The summed E-state index contributed by atoms with van der Waals surface area (Å²) in [6.07, 6.45) is 1.30. The first kappa shape index (κ1) is 6.93. The van der Waals surface area contributed by atoms with Gasteiger partial charge in [0.2, 0.25) is 5.91 Å². The van der Waals surface area contributed by atoms with Crippen molar-refractivity contribution < 1.29 is 4.79 Å². The fourth-order valence-electron chi connectivity index (χ4n) is 3.98. The molecule has 3 fully saturated rings. The second kappa shape index (κ2) is 1.86. The van der Waals surface area contributed by atoms with Crippen molar-refractivity contribution >= 4 is 5.91 Å². The van der Waals surface area contributed by atoms with Crippen LogP contribution in [0, 0.1) is 29.6 Å². The van der Waals surface area contributed by atoms with Gasteiger partial charge in [-0.3, -0.25) is 4.79 Å². The van der Waals surface area contributed by atoms with Gasteiger partial charge in [-0.1, -0.05) is 13.8 Å². The molecule has 1 heterocycles. The zero-order valence-corrected chi connectivity index (χ0v) is 7.58. The van der Waals surface area contributed by atoms with Gasteiger partial charge in [0.1, 0.15) is 0 Å². The van der Waals surface area contributed by atoms with Crippen LogP contribution in [0.5, 0.6) is 0 Å². The minimum absolute atomic E-state index is 0.337. The predicted octanol–water partition coefficient (Wildman–Crippen LogP) is 1.02. The summed E-state index contributed by atoms with van der Waals surface area (Å²) >= 11 is 0. The number of carbonyl (C=O) groups is 1. The van der Waals surface area contributed by atoms with Gasteiger partial charge >= 0.3 is 0 Å². The Morgan fingerprint density at radius 1 is 1.25 bits per heavy atom. The fourth-order valence-corrected chi connectivity index (χ4v) is 3.98. The highest BCUT2D eigenvalue weighted by Crippen LogP contribution is 2.57. The Morgan fingerprint density at radius 2 is 2.00 bits per heavy atom. The molecule has 3 aliphatic rings. The molecule has 0 aromatic heterocycles. The summed E-state index contributed by atoms with van der Waals surface area (Å²) in [4.78, 5) is 11.5. The lowest BCUT2D eigenvalue weighted by atomic mass is 9.76. The lowest BCUT2D eigenvalue weighted by Crippen LogP contribution is -2.33. The van der Waals surface area contributed by atoms with Crippen LogP contribution in [0.4, 0.5) is 0 Å². The van der Waals surface area contributed by atoms with Crippen LogP contribution in [0.3, 0.4) is 0 Å². The summed E-state index contributed by atoms with van der Waals surface area (Å²) in [6, 6.07) is 0.531. The molecule has 0 aromatic carbocycles. The van der Waals surface area contributed by atoms with E-state index in [0.29, 0.717) is 29.7 Å². The van der Waals surface area contributed by atoms with Crippen LogP contribution in [0.1, 0.15) is 20.3 Å². The third-order valence-corrected chi connectivity index (χ3v) is 4.56. The maximum absolute atomic E-state index is 11.5. The molecule has 2 aliphatic carbocycles. The van der Waals surface area contributed by atoms with E-state index in [1.54, 1.807) is 0 Å². The Morgan fingerprint density at radius 3 is 2.67 bits per heavy atom. The summed E-state index contributed by atoms with van der Waals surface area (Å²) < 4.78 is 0. The number of fused-ring (bicyclic) bond motifs is 1. The average molecular weight is 165 g/mol. The van der Waals surface area contributed by atoms with Crippen LogP contribution in [0.2, 0.25) is 0 Å². The zero-order valence-electron chi connectivity index (χ0n) is 7.58. The molecule has 0 radical (unpaired) electrons. The number of hydrogen-bond donors (Lipinski definition) is 1. The Hall–Kier alpha value is -0.530. The summed E-state index contributed by atoms with van der Waals surface area (Å²) in [5, 5.41) is 3.15. The van der Waals surface area contributed by atoms with Crippen molar-refractivity contribution in [3.05, 3.63) is 0 Å². The molecule has 1 amide bonds. The molecule has 6 atom stereocenters. The van der Waals surface area contributed by atoms with Crippen LogP contribution >= 0.6 is 0 Å². The molecule has 2 bridgehead atoms. The number of rotatable bonds is 0. The molecule has 0 aromatic rings. The molecule has 6 unspecified atom stereocenters. The molecule has 66 valence electrons. The van der Waals surface area contributed by atoms with Crippen LogP contribution in [0.15, 0.2) is 0 Å². The van der Waals surface area contributed by atoms with E-state index < -0.39 is 0 Å². The van der Waals surface area contributed by atoms with E-state index >= 15 is 0 Å². The molecule has 2 heteroatoms. The van der Waals surface area contributed by atoms with Gasteiger partial charge in [0, 0.05) is 12.0 Å². The smallest absolute Gasteiger partial charge is 0.223 e. The Balaban J connectivity index is 2.06. The highest BCUT2D eigenvalue weighted by atomic mass is 16.2. The van der Waals surface area contributed by atoms with E-state index in [1.807, 2.05) is 0 Å². The molecule has 12 heavy (non-hydrogen) atoms. The Labute approximate surface area is 72.7 Å². The first-order valence-electron chi connectivity index (χ1n) is 5.00. The molecular weight excluding hydrogens is 150 g/mol. The lowest BCUT2D eigenvalue weighted by molar-refractivity contribution is -0.123. The summed E-state index contributed by atoms with van der Waals surface area (Å²) in [6.45, 7) is 4.56. The number of nitrogens with one attached hydrogen (secondary N) is 1. The summed E-state index contributed by atoms with van der Waals surface area (Å²) in [5.41, 5.74) is 0. The quantitative estimate of drug-likeness (QED) is 0.570. The molecule has 1 saturated heterocycles. The minimum Gasteiger partial charge on any atom is -0.353 e. The van der Waals surface area contributed by atoms with Crippen molar-refractivity contribution in [1.82, 2.24) is 5.32 Å². The minimum atomic E-state index is 0.337. The van der Waals surface area contributed by atoms with Gasteiger partial charge in [0.15, 0.2) is 0 Å². The number of amides is 1. The Kier molecular flexibility index (Phi) is 1.07. The monoisotopic (exact) mass is 165 g/mol. The van der Waals surface area contributed by atoms with Gasteiger partial charge in [-0.15, -0.1) is 0 Å². The van der Waals surface area contributed by atoms with E-state index in [2.05, 4.69) is 19.2 Å². The van der Waals surface area contributed by atoms with Gasteiger partial charge in [0.05, 0.1) is 0 Å². The molecule has 3 rings (SSSR count).